The smallest absolute Gasteiger partial charge is 0.341 e. The highest BCUT2D eigenvalue weighted by Gasteiger charge is 2.23. The van der Waals surface area contributed by atoms with Crippen molar-refractivity contribution in [2.75, 3.05) is 6.61 Å². The molecule has 0 aliphatic carbocycles. The van der Waals surface area contributed by atoms with Crippen molar-refractivity contribution >= 4 is 39.2 Å². The molecular formula is C10H13Cl3OSi. The van der Waals surface area contributed by atoms with Gasteiger partial charge in [0, 0.05) is 0 Å². The summed E-state index contributed by atoms with van der Waals surface area (Å²) in [5, 5.41) is 0. The quantitative estimate of drug-likeness (QED) is 0.424. The predicted molar refractivity (Wildman–Crippen MR) is 69.3 cm³/mol. The molecule has 0 fully saturated rings. The van der Waals surface area contributed by atoms with E-state index in [0.717, 1.165) is 18.6 Å². The van der Waals surface area contributed by atoms with Gasteiger partial charge < -0.3 is 4.74 Å². The van der Waals surface area contributed by atoms with Crippen molar-refractivity contribution in [3.05, 3.63) is 30.3 Å². The summed E-state index contributed by atoms with van der Waals surface area (Å²) in [6.45, 7) is 0.680. The van der Waals surface area contributed by atoms with E-state index in [9.17, 15) is 0 Å². The third kappa shape index (κ3) is 7.07. The molecule has 1 rings (SSSR count). The van der Waals surface area contributed by atoms with E-state index in [4.69, 9.17) is 38.0 Å². The van der Waals surface area contributed by atoms with Gasteiger partial charge in [0.15, 0.2) is 0 Å². The Morgan fingerprint density at radius 2 is 1.67 bits per heavy atom. The summed E-state index contributed by atoms with van der Waals surface area (Å²) >= 11 is 17.3. The molecule has 0 atom stereocenters. The first kappa shape index (κ1) is 13.2. The SMILES string of the molecule is Cl[Si](Cl)(Cl)CCCCOc1ccccc1. The summed E-state index contributed by atoms with van der Waals surface area (Å²) < 4.78 is 5.51. The molecule has 1 aromatic rings. The first-order valence-electron chi connectivity index (χ1n) is 4.82. The molecule has 0 amide bonds. The maximum Gasteiger partial charge on any atom is 0.341 e. The Morgan fingerprint density at radius 3 is 2.27 bits per heavy atom. The highest BCUT2D eigenvalue weighted by atomic mass is 35.8. The average molecular weight is 284 g/mol. The number of benzene rings is 1. The van der Waals surface area contributed by atoms with Crippen LogP contribution < -0.4 is 4.74 Å². The van der Waals surface area contributed by atoms with Crippen molar-refractivity contribution in [2.24, 2.45) is 0 Å². The van der Waals surface area contributed by atoms with Crippen molar-refractivity contribution in [2.45, 2.75) is 18.9 Å². The minimum Gasteiger partial charge on any atom is -0.494 e. The molecule has 0 aliphatic heterocycles. The van der Waals surface area contributed by atoms with E-state index >= 15 is 0 Å². The zero-order chi connectivity index (χ0) is 11.1. The molecule has 84 valence electrons. The molecule has 0 heterocycles. The Kier molecular flexibility index (Phi) is 5.83. The van der Waals surface area contributed by atoms with Gasteiger partial charge in [0.25, 0.3) is 0 Å². The Morgan fingerprint density at radius 1 is 1.00 bits per heavy atom. The van der Waals surface area contributed by atoms with Gasteiger partial charge in [-0.25, -0.2) is 0 Å². The number of hydrogen-bond acceptors (Lipinski definition) is 1. The lowest BCUT2D eigenvalue weighted by Gasteiger charge is -2.08. The van der Waals surface area contributed by atoms with Gasteiger partial charge >= 0.3 is 6.00 Å². The first-order chi connectivity index (χ1) is 7.08. The van der Waals surface area contributed by atoms with Crippen LogP contribution in [0.4, 0.5) is 0 Å². The van der Waals surface area contributed by atoms with E-state index in [2.05, 4.69) is 0 Å². The van der Waals surface area contributed by atoms with E-state index in [0.29, 0.717) is 12.7 Å². The molecule has 0 N–H and O–H groups in total. The van der Waals surface area contributed by atoms with Gasteiger partial charge in [0.05, 0.1) is 6.61 Å². The maximum absolute atomic E-state index is 5.76. The highest BCUT2D eigenvalue weighted by molar-refractivity contribution is 7.64. The Balaban J connectivity index is 2.08. The highest BCUT2D eigenvalue weighted by Crippen LogP contribution is 2.27. The van der Waals surface area contributed by atoms with Gasteiger partial charge in [-0.3, -0.25) is 0 Å². The van der Waals surface area contributed by atoms with E-state index < -0.39 is 6.00 Å². The molecule has 0 aliphatic rings. The lowest BCUT2D eigenvalue weighted by atomic mass is 10.3. The normalized spacial score (nSPS) is 11.4. The molecular weight excluding hydrogens is 271 g/mol. The van der Waals surface area contributed by atoms with Crippen LogP contribution in [-0.2, 0) is 0 Å². The van der Waals surface area contributed by atoms with Crippen LogP contribution >= 0.6 is 33.2 Å². The summed E-state index contributed by atoms with van der Waals surface area (Å²) in [5.74, 6) is 0.892. The third-order valence-corrected chi connectivity index (χ3v) is 4.49. The van der Waals surface area contributed by atoms with Crippen molar-refractivity contribution < 1.29 is 4.74 Å². The summed E-state index contributed by atoms with van der Waals surface area (Å²) in [6, 6.07) is 8.00. The van der Waals surface area contributed by atoms with Crippen LogP contribution in [-0.4, -0.2) is 12.6 Å². The van der Waals surface area contributed by atoms with Crippen molar-refractivity contribution in [1.29, 1.82) is 0 Å². The van der Waals surface area contributed by atoms with Gasteiger partial charge in [0.1, 0.15) is 5.75 Å². The molecule has 5 heteroatoms. The lowest BCUT2D eigenvalue weighted by molar-refractivity contribution is 0.309. The zero-order valence-corrected chi connectivity index (χ0v) is 11.5. The van der Waals surface area contributed by atoms with Crippen molar-refractivity contribution in [1.82, 2.24) is 0 Å². The molecule has 0 radical (unpaired) electrons. The van der Waals surface area contributed by atoms with E-state index in [1.54, 1.807) is 0 Å². The van der Waals surface area contributed by atoms with E-state index in [1.807, 2.05) is 30.3 Å². The molecule has 0 spiro atoms. The number of halogens is 3. The minimum atomic E-state index is -2.43. The van der Waals surface area contributed by atoms with Crippen LogP contribution in [0.1, 0.15) is 12.8 Å². The molecule has 15 heavy (non-hydrogen) atoms. The monoisotopic (exact) mass is 282 g/mol. The second kappa shape index (κ2) is 6.64. The fourth-order valence-electron chi connectivity index (χ4n) is 1.13. The van der Waals surface area contributed by atoms with Gasteiger partial charge in [-0.05, 0) is 31.0 Å². The van der Waals surface area contributed by atoms with Crippen LogP contribution in [0.5, 0.6) is 5.75 Å². The van der Waals surface area contributed by atoms with Crippen LogP contribution in [0.3, 0.4) is 0 Å². The summed E-state index contributed by atoms with van der Waals surface area (Å²) in [5.41, 5.74) is 0. The van der Waals surface area contributed by atoms with Gasteiger partial charge in [0.2, 0.25) is 0 Å². The fraction of sp³-hybridized carbons (Fsp3) is 0.400. The number of rotatable bonds is 6. The summed E-state index contributed by atoms with van der Waals surface area (Å²) in [6.07, 6.45) is 1.84. The summed E-state index contributed by atoms with van der Waals surface area (Å²) in [7, 11) is 0. The molecule has 1 nitrogen and oxygen atoms in total. The Bertz CT molecular complexity index is 274. The van der Waals surface area contributed by atoms with Gasteiger partial charge in [-0.15, -0.1) is 33.2 Å². The summed E-state index contributed by atoms with van der Waals surface area (Å²) in [4.78, 5) is 0. The van der Waals surface area contributed by atoms with Gasteiger partial charge in [-0.2, -0.15) is 0 Å². The molecule has 0 saturated heterocycles. The number of unbranched alkanes of at least 4 members (excludes halogenated alkanes) is 1. The number of para-hydroxylation sites is 1. The second-order valence-corrected chi connectivity index (χ2v) is 12.5. The first-order valence-corrected chi connectivity index (χ1v) is 10.1. The standard InChI is InChI=1S/C10H13Cl3OSi/c11-15(12,13)9-5-4-8-14-10-6-2-1-3-7-10/h1-3,6-7H,4-5,8-9H2. The van der Waals surface area contributed by atoms with E-state index in [-0.39, 0.29) is 0 Å². The van der Waals surface area contributed by atoms with Crippen molar-refractivity contribution in [3.63, 3.8) is 0 Å². The predicted octanol–water partition coefficient (Wildman–Crippen LogP) is 4.50. The molecule has 1 aromatic carbocycles. The lowest BCUT2D eigenvalue weighted by Crippen LogP contribution is -2.09. The Hall–Kier alpha value is 0.107. The number of ether oxygens (including phenoxy) is 1. The fourth-order valence-corrected chi connectivity index (χ4v) is 2.99. The van der Waals surface area contributed by atoms with Crippen LogP contribution in [0.2, 0.25) is 6.04 Å². The van der Waals surface area contributed by atoms with Gasteiger partial charge in [-0.1, -0.05) is 18.2 Å². The number of hydrogen-bond donors (Lipinski definition) is 0. The largest absolute Gasteiger partial charge is 0.494 e. The molecule has 0 unspecified atom stereocenters. The Labute approximate surface area is 105 Å². The minimum absolute atomic E-state index is 0.680. The zero-order valence-electron chi connectivity index (χ0n) is 8.26. The van der Waals surface area contributed by atoms with Crippen LogP contribution in [0.25, 0.3) is 0 Å². The van der Waals surface area contributed by atoms with Crippen LogP contribution in [0, 0.1) is 0 Å². The van der Waals surface area contributed by atoms with E-state index in [1.165, 1.54) is 0 Å². The molecule has 0 bridgehead atoms. The average Bonchev–Trinajstić information content (AvgIpc) is 2.17. The molecule has 0 aromatic heterocycles. The third-order valence-electron chi connectivity index (χ3n) is 1.87. The second-order valence-electron chi connectivity index (χ2n) is 3.23. The maximum atomic E-state index is 5.76. The molecule has 0 saturated carbocycles. The van der Waals surface area contributed by atoms with Crippen LogP contribution in [0.15, 0.2) is 30.3 Å². The van der Waals surface area contributed by atoms with Crippen molar-refractivity contribution in [3.8, 4) is 5.75 Å². The topological polar surface area (TPSA) is 9.23 Å².